The minimum Gasteiger partial charge on any atom is -0.494 e. The molecule has 5 heteroatoms. The van der Waals surface area contributed by atoms with Crippen molar-refractivity contribution >= 4 is 40.6 Å². The summed E-state index contributed by atoms with van der Waals surface area (Å²) in [6.45, 7) is 2.68. The van der Waals surface area contributed by atoms with Gasteiger partial charge in [0.15, 0.2) is 0 Å². The van der Waals surface area contributed by atoms with E-state index in [0.29, 0.717) is 31.1 Å². The molecular weight excluding hydrogens is 374 g/mol. The van der Waals surface area contributed by atoms with Gasteiger partial charge in [-0.1, -0.05) is 41.9 Å². The average molecular weight is 396 g/mol. The minimum atomic E-state index is -0.188. The lowest BCUT2D eigenvalue weighted by Gasteiger charge is -2.07. The van der Waals surface area contributed by atoms with Crippen molar-refractivity contribution in [1.82, 2.24) is 4.98 Å². The molecule has 0 unspecified atom stereocenters. The van der Waals surface area contributed by atoms with Crippen LogP contribution in [0.4, 0.5) is 0 Å². The summed E-state index contributed by atoms with van der Waals surface area (Å²) >= 11 is 6.05. The molecule has 144 valence electrons. The number of hydrogen-bond acceptors (Lipinski definition) is 4. The van der Waals surface area contributed by atoms with E-state index >= 15 is 0 Å². The van der Waals surface area contributed by atoms with Crippen molar-refractivity contribution < 1.29 is 14.3 Å². The van der Waals surface area contributed by atoms with E-state index in [4.69, 9.17) is 21.1 Å². The third kappa shape index (κ3) is 5.83. The summed E-state index contributed by atoms with van der Waals surface area (Å²) in [5, 5.41) is 1.73. The van der Waals surface area contributed by atoms with Gasteiger partial charge in [0.1, 0.15) is 5.75 Å². The monoisotopic (exact) mass is 395 g/mol. The Morgan fingerprint density at radius 1 is 1.11 bits per heavy atom. The number of rotatable bonds is 8. The van der Waals surface area contributed by atoms with Gasteiger partial charge in [-0.05, 0) is 55.3 Å². The van der Waals surface area contributed by atoms with Gasteiger partial charge in [-0.3, -0.25) is 4.79 Å². The van der Waals surface area contributed by atoms with Crippen molar-refractivity contribution in [2.45, 2.75) is 19.8 Å². The highest BCUT2D eigenvalue weighted by Crippen LogP contribution is 2.20. The molecule has 0 fully saturated rings. The molecule has 2 aromatic carbocycles. The molecule has 1 heterocycles. The number of carbonyl (C=O) groups excluding carboxylic acids is 1. The number of ether oxygens (including phenoxy) is 2. The van der Waals surface area contributed by atoms with Crippen LogP contribution in [0.25, 0.3) is 23.1 Å². The van der Waals surface area contributed by atoms with E-state index < -0.39 is 0 Å². The minimum absolute atomic E-state index is 0.188. The Balaban J connectivity index is 1.60. The van der Waals surface area contributed by atoms with E-state index in [9.17, 15) is 4.79 Å². The van der Waals surface area contributed by atoms with Crippen LogP contribution in [-0.2, 0) is 9.53 Å². The Hall–Kier alpha value is -2.85. The van der Waals surface area contributed by atoms with Crippen LogP contribution in [0, 0.1) is 0 Å². The number of esters is 1. The topological polar surface area (TPSA) is 48.4 Å². The number of hydrogen-bond donors (Lipinski definition) is 0. The first-order valence-electron chi connectivity index (χ1n) is 9.27. The van der Waals surface area contributed by atoms with E-state index in [0.717, 1.165) is 27.9 Å². The van der Waals surface area contributed by atoms with Crippen molar-refractivity contribution in [1.29, 1.82) is 0 Å². The Morgan fingerprint density at radius 2 is 1.96 bits per heavy atom. The van der Waals surface area contributed by atoms with Crippen molar-refractivity contribution in [3.63, 3.8) is 0 Å². The van der Waals surface area contributed by atoms with E-state index in [1.54, 1.807) is 6.92 Å². The molecule has 3 rings (SSSR count). The summed E-state index contributed by atoms with van der Waals surface area (Å²) in [6.07, 6.45) is 4.94. The third-order valence-electron chi connectivity index (χ3n) is 4.08. The number of halogens is 1. The first kappa shape index (κ1) is 19.9. The van der Waals surface area contributed by atoms with Gasteiger partial charge in [0, 0.05) is 16.8 Å². The standard InChI is InChI=1S/C23H22ClNO3/c1-2-27-23(26)7-4-14-28-21-6-3-5-17(15-21)8-12-20-13-10-18-9-11-19(24)16-22(18)25-20/h3,5-6,8-13,15-16H,2,4,7,14H2,1H3/b12-8+. The van der Waals surface area contributed by atoms with Crippen LogP contribution >= 0.6 is 11.6 Å². The molecule has 0 amide bonds. The van der Waals surface area contributed by atoms with Gasteiger partial charge in [0.2, 0.25) is 0 Å². The Morgan fingerprint density at radius 3 is 2.82 bits per heavy atom. The maximum atomic E-state index is 11.3. The fourth-order valence-electron chi connectivity index (χ4n) is 2.73. The van der Waals surface area contributed by atoms with Crippen molar-refractivity contribution in [2.24, 2.45) is 0 Å². The van der Waals surface area contributed by atoms with Gasteiger partial charge in [-0.15, -0.1) is 0 Å². The molecular formula is C23H22ClNO3. The predicted molar refractivity (Wildman–Crippen MR) is 113 cm³/mol. The van der Waals surface area contributed by atoms with Gasteiger partial charge in [-0.25, -0.2) is 4.98 Å². The Bertz CT molecular complexity index is 984. The summed E-state index contributed by atoms with van der Waals surface area (Å²) < 4.78 is 10.6. The molecule has 0 aliphatic carbocycles. The second-order valence-electron chi connectivity index (χ2n) is 6.24. The van der Waals surface area contributed by atoms with Crippen molar-refractivity contribution in [2.75, 3.05) is 13.2 Å². The molecule has 0 aliphatic rings. The van der Waals surface area contributed by atoms with Gasteiger partial charge in [0.05, 0.1) is 24.4 Å². The van der Waals surface area contributed by atoms with Crippen LogP contribution < -0.4 is 4.74 Å². The summed E-state index contributed by atoms with van der Waals surface area (Å²) in [7, 11) is 0. The van der Waals surface area contributed by atoms with Gasteiger partial charge < -0.3 is 9.47 Å². The molecule has 1 aromatic heterocycles. The van der Waals surface area contributed by atoms with Gasteiger partial charge in [0.25, 0.3) is 0 Å². The zero-order chi connectivity index (χ0) is 19.8. The normalized spacial score (nSPS) is 11.1. The summed E-state index contributed by atoms with van der Waals surface area (Å²) in [5.41, 5.74) is 2.74. The molecule has 0 bridgehead atoms. The van der Waals surface area contributed by atoms with Crippen molar-refractivity contribution in [3.8, 4) is 5.75 Å². The van der Waals surface area contributed by atoms with E-state index in [2.05, 4.69) is 4.98 Å². The Kier molecular flexibility index (Phi) is 7.04. The first-order valence-corrected chi connectivity index (χ1v) is 9.65. The lowest BCUT2D eigenvalue weighted by atomic mass is 10.1. The zero-order valence-electron chi connectivity index (χ0n) is 15.7. The molecule has 0 N–H and O–H groups in total. The number of benzene rings is 2. The highest BCUT2D eigenvalue weighted by atomic mass is 35.5. The van der Waals surface area contributed by atoms with Gasteiger partial charge >= 0.3 is 5.97 Å². The van der Waals surface area contributed by atoms with Crippen LogP contribution in [0.2, 0.25) is 5.02 Å². The summed E-state index contributed by atoms with van der Waals surface area (Å²) in [5.74, 6) is 0.580. The molecule has 0 saturated carbocycles. The average Bonchev–Trinajstić information content (AvgIpc) is 2.70. The third-order valence-corrected chi connectivity index (χ3v) is 4.31. The smallest absolute Gasteiger partial charge is 0.305 e. The fourth-order valence-corrected chi connectivity index (χ4v) is 2.89. The molecule has 28 heavy (non-hydrogen) atoms. The molecule has 0 spiro atoms. The molecule has 0 saturated heterocycles. The molecule has 0 radical (unpaired) electrons. The number of fused-ring (bicyclic) bond motifs is 1. The lowest BCUT2D eigenvalue weighted by molar-refractivity contribution is -0.143. The molecule has 0 aliphatic heterocycles. The first-order chi connectivity index (χ1) is 13.6. The SMILES string of the molecule is CCOC(=O)CCCOc1cccc(/C=C/c2ccc3ccc(Cl)cc3n2)c1. The van der Waals surface area contributed by atoms with Crippen LogP contribution in [0.15, 0.2) is 54.6 Å². The molecule has 3 aromatic rings. The zero-order valence-corrected chi connectivity index (χ0v) is 16.5. The number of pyridine rings is 1. The highest BCUT2D eigenvalue weighted by molar-refractivity contribution is 6.31. The lowest BCUT2D eigenvalue weighted by Crippen LogP contribution is -2.06. The van der Waals surface area contributed by atoms with Crippen LogP contribution in [0.1, 0.15) is 31.0 Å². The van der Waals surface area contributed by atoms with Gasteiger partial charge in [-0.2, -0.15) is 0 Å². The maximum absolute atomic E-state index is 11.3. The largest absolute Gasteiger partial charge is 0.494 e. The van der Waals surface area contributed by atoms with Crippen LogP contribution in [0.3, 0.4) is 0 Å². The Labute approximate surface area is 169 Å². The van der Waals surface area contributed by atoms with Crippen molar-refractivity contribution in [3.05, 3.63) is 70.9 Å². The summed E-state index contributed by atoms with van der Waals surface area (Å²) in [6, 6.07) is 17.5. The van der Waals surface area contributed by atoms with E-state index in [-0.39, 0.29) is 5.97 Å². The highest BCUT2D eigenvalue weighted by Gasteiger charge is 2.02. The fraction of sp³-hybridized carbons (Fsp3) is 0.217. The molecule has 4 nitrogen and oxygen atoms in total. The maximum Gasteiger partial charge on any atom is 0.305 e. The second kappa shape index (κ2) is 9.90. The second-order valence-corrected chi connectivity index (χ2v) is 6.67. The van der Waals surface area contributed by atoms with Crippen LogP contribution in [-0.4, -0.2) is 24.2 Å². The number of nitrogens with zero attached hydrogens (tertiary/aromatic N) is 1. The summed E-state index contributed by atoms with van der Waals surface area (Å²) in [4.78, 5) is 15.9. The molecule has 0 atom stereocenters. The quantitative estimate of drug-likeness (QED) is 0.358. The number of aromatic nitrogens is 1. The van der Waals surface area contributed by atoms with E-state index in [1.807, 2.05) is 66.7 Å². The number of carbonyl (C=O) groups is 1. The predicted octanol–water partition coefficient (Wildman–Crippen LogP) is 5.78. The van der Waals surface area contributed by atoms with E-state index in [1.165, 1.54) is 0 Å². The van der Waals surface area contributed by atoms with Crippen LogP contribution in [0.5, 0.6) is 5.75 Å².